The summed E-state index contributed by atoms with van der Waals surface area (Å²) in [6, 6.07) is 5.13. The average Bonchev–Trinajstić information content (AvgIpc) is 2.40. The average molecular weight is 306 g/mol. The molecule has 0 aromatic heterocycles. The van der Waals surface area contributed by atoms with Crippen molar-refractivity contribution < 1.29 is 14.3 Å². The van der Waals surface area contributed by atoms with Crippen molar-refractivity contribution in [3.8, 4) is 0 Å². The first-order valence-electron chi connectivity index (χ1n) is 5.89. The lowest BCUT2D eigenvalue weighted by molar-refractivity contribution is -0.0248. The zero-order chi connectivity index (χ0) is 14.4. The second-order valence-electron chi connectivity index (χ2n) is 3.92. The van der Waals surface area contributed by atoms with Crippen LogP contribution in [0.2, 0.25) is 10.0 Å². The van der Waals surface area contributed by atoms with Crippen LogP contribution in [-0.2, 0) is 9.47 Å². The van der Waals surface area contributed by atoms with Gasteiger partial charge in [0.1, 0.15) is 12.2 Å². The fourth-order valence-corrected chi connectivity index (χ4v) is 2.28. The van der Waals surface area contributed by atoms with Crippen molar-refractivity contribution in [1.82, 2.24) is 5.32 Å². The van der Waals surface area contributed by atoms with E-state index >= 15 is 0 Å². The molecule has 0 saturated carbocycles. The molecule has 1 amide bonds. The highest BCUT2D eigenvalue weighted by Gasteiger charge is 2.26. The smallest absolute Gasteiger partial charge is 0.407 e. The molecule has 106 valence electrons. The molecule has 2 atom stereocenters. The number of rotatable bonds is 5. The molecular formula is C13H17Cl2NO3. The van der Waals surface area contributed by atoms with Crippen molar-refractivity contribution in [2.45, 2.75) is 25.6 Å². The summed E-state index contributed by atoms with van der Waals surface area (Å²) >= 11 is 12.0. The monoisotopic (exact) mass is 305 g/mol. The van der Waals surface area contributed by atoms with Crippen LogP contribution in [0.15, 0.2) is 18.2 Å². The molecule has 0 saturated heterocycles. The molecular weight excluding hydrogens is 289 g/mol. The Hall–Kier alpha value is -0.970. The van der Waals surface area contributed by atoms with Gasteiger partial charge in [0, 0.05) is 29.8 Å². The standard InChI is InChI=1S/C13H17Cl2NO3/c1-4-11(19-13(17)16-2)12(18-3)9-6-5-8(14)7-10(9)15/h5-7,11-12H,4H2,1-3H3,(H,16,17)/t11-,12-/m1/s1. The maximum atomic E-state index is 11.3. The number of hydrogen-bond acceptors (Lipinski definition) is 3. The predicted octanol–water partition coefficient (Wildman–Crippen LogP) is 3.82. The fraction of sp³-hybridized carbons (Fsp3) is 0.462. The third-order valence-electron chi connectivity index (χ3n) is 2.73. The van der Waals surface area contributed by atoms with Crippen molar-refractivity contribution in [3.63, 3.8) is 0 Å². The molecule has 0 spiro atoms. The third-order valence-corrected chi connectivity index (χ3v) is 3.29. The molecule has 19 heavy (non-hydrogen) atoms. The van der Waals surface area contributed by atoms with E-state index in [0.29, 0.717) is 16.5 Å². The molecule has 1 rings (SSSR count). The van der Waals surface area contributed by atoms with Crippen molar-refractivity contribution in [2.75, 3.05) is 14.2 Å². The fourth-order valence-electron chi connectivity index (χ4n) is 1.77. The normalized spacial score (nSPS) is 13.7. The lowest BCUT2D eigenvalue weighted by Gasteiger charge is -2.26. The number of benzene rings is 1. The zero-order valence-corrected chi connectivity index (χ0v) is 12.6. The van der Waals surface area contributed by atoms with Gasteiger partial charge in [0.05, 0.1) is 0 Å². The summed E-state index contributed by atoms with van der Waals surface area (Å²) in [5.74, 6) is 0. The van der Waals surface area contributed by atoms with E-state index in [4.69, 9.17) is 32.7 Å². The van der Waals surface area contributed by atoms with Gasteiger partial charge in [-0.15, -0.1) is 0 Å². The second kappa shape index (κ2) is 7.58. The van der Waals surface area contributed by atoms with Crippen LogP contribution in [0.25, 0.3) is 0 Å². The molecule has 0 fully saturated rings. The van der Waals surface area contributed by atoms with Gasteiger partial charge < -0.3 is 14.8 Å². The highest BCUT2D eigenvalue weighted by atomic mass is 35.5. The van der Waals surface area contributed by atoms with Crippen LogP contribution in [0, 0.1) is 0 Å². The molecule has 0 bridgehead atoms. The van der Waals surface area contributed by atoms with Crippen LogP contribution in [0.4, 0.5) is 4.79 Å². The predicted molar refractivity (Wildman–Crippen MR) is 75.8 cm³/mol. The molecule has 0 aliphatic heterocycles. The second-order valence-corrected chi connectivity index (χ2v) is 4.77. The number of halogens is 2. The lowest BCUT2D eigenvalue weighted by Crippen LogP contribution is -2.31. The van der Waals surface area contributed by atoms with E-state index in [1.807, 2.05) is 6.92 Å². The van der Waals surface area contributed by atoms with Gasteiger partial charge in [-0.1, -0.05) is 36.2 Å². The van der Waals surface area contributed by atoms with Gasteiger partial charge in [0.15, 0.2) is 0 Å². The number of carbonyl (C=O) groups excluding carboxylic acids is 1. The van der Waals surface area contributed by atoms with Gasteiger partial charge in [-0.3, -0.25) is 0 Å². The molecule has 6 heteroatoms. The van der Waals surface area contributed by atoms with Crippen molar-refractivity contribution in [1.29, 1.82) is 0 Å². The first-order valence-corrected chi connectivity index (χ1v) is 6.65. The molecule has 1 aromatic carbocycles. The Bertz CT molecular complexity index is 440. The quantitative estimate of drug-likeness (QED) is 0.899. The molecule has 1 aromatic rings. The van der Waals surface area contributed by atoms with Gasteiger partial charge in [0.25, 0.3) is 0 Å². The van der Waals surface area contributed by atoms with Crippen LogP contribution >= 0.6 is 23.2 Å². The van der Waals surface area contributed by atoms with E-state index in [-0.39, 0.29) is 0 Å². The number of carbonyl (C=O) groups is 1. The summed E-state index contributed by atoms with van der Waals surface area (Å²) < 4.78 is 10.7. The van der Waals surface area contributed by atoms with Gasteiger partial charge in [-0.2, -0.15) is 0 Å². The maximum absolute atomic E-state index is 11.3. The summed E-state index contributed by atoms with van der Waals surface area (Å²) in [5, 5.41) is 3.44. The number of amides is 1. The first-order chi connectivity index (χ1) is 9.03. The Labute approximate surface area is 123 Å². The van der Waals surface area contributed by atoms with E-state index in [0.717, 1.165) is 5.56 Å². The summed E-state index contributed by atoms with van der Waals surface area (Å²) in [5.41, 5.74) is 0.740. The minimum Gasteiger partial charge on any atom is -0.443 e. The van der Waals surface area contributed by atoms with Gasteiger partial charge in [-0.25, -0.2) is 4.79 Å². The molecule has 4 nitrogen and oxygen atoms in total. The van der Waals surface area contributed by atoms with E-state index in [1.54, 1.807) is 25.3 Å². The van der Waals surface area contributed by atoms with Crippen molar-refractivity contribution in [3.05, 3.63) is 33.8 Å². The van der Waals surface area contributed by atoms with Crippen LogP contribution < -0.4 is 5.32 Å². The topological polar surface area (TPSA) is 47.6 Å². The Morgan fingerprint density at radius 3 is 2.58 bits per heavy atom. The molecule has 0 unspecified atom stereocenters. The first kappa shape index (κ1) is 16.1. The molecule has 0 radical (unpaired) electrons. The van der Waals surface area contributed by atoms with E-state index < -0.39 is 18.3 Å². The number of hydrogen-bond donors (Lipinski definition) is 1. The molecule has 0 heterocycles. The number of alkyl carbamates (subject to hydrolysis) is 1. The molecule has 1 N–H and O–H groups in total. The minimum absolute atomic E-state index is 0.427. The summed E-state index contributed by atoms with van der Waals surface area (Å²) in [6.07, 6.45) is -0.764. The largest absolute Gasteiger partial charge is 0.443 e. The molecule has 0 aliphatic rings. The lowest BCUT2D eigenvalue weighted by atomic mass is 10.0. The van der Waals surface area contributed by atoms with Crippen molar-refractivity contribution >= 4 is 29.3 Å². The number of ether oxygens (including phenoxy) is 2. The Morgan fingerprint density at radius 1 is 1.42 bits per heavy atom. The Balaban J connectivity index is 2.99. The van der Waals surface area contributed by atoms with Crippen molar-refractivity contribution in [2.24, 2.45) is 0 Å². The minimum atomic E-state index is -0.501. The van der Waals surface area contributed by atoms with Crippen LogP contribution in [-0.4, -0.2) is 26.4 Å². The van der Waals surface area contributed by atoms with Gasteiger partial charge in [0.2, 0.25) is 0 Å². The SMILES string of the molecule is CC[C@@H](OC(=O)NC)[C@H](OC)c1ccc(Cl)cc1Cl. The van der Waals surface area contributed by atoms with E-state index in [2.05, 4.69) is 5.32 Å². The summed E-state index contributed by atoms with van der Waals surface area (Å²) in [6.45, 7) is 1.91. The highest BCUT2D eigenvalue weighted by Crippen LogP contribution is 2.32. The summed E-state index contributed by atoms with van der Waals surface area (Å²) in [4.78, 5) is 11.3. The third kappa shape index (κ3) is 4.27. The molecule has 0 aliphatic carbocycles. The zero-order valence-electron chi connectivity index (χ0n) is 11.1. The summed E-state index contributed by atoms with van der Waals surface area (Å²) in [7, 11) is 3.05. The van der Waals surface area contributed by atoms with Crippen LogP contribution in [0.5, 0.6) is 0 Å². The Morgan fingerprint density at radius 2 is 2.11 bits per heavy atom. The van der Waals surface area contributed by atoms with Gasteiger partial charge in [-0.05, 0) is 18.6 Å². The van der Waals surface area contributed by atoms with Gasteiger partial charge >= 0.3 is 6.09 Å². The number of nitrogens with one attached hydrogen (secondary N) is 1. The van der Waals surface area contributed by atoms with E-state index in [9.17, 15) is 4.79 Å². The highest BCUT2D eigenvalue weighted by molar-refractivity contribution is 6.35. The van der Waals surface area contributed by atoms with Crippen LogP contribution in [0.1, 0.15) is 25.0 Å². The van der Waals surface area contributed by atoms with E-state index in [1.165, 1.54) is 7.05 Å². The Kier molecular flexibility index (Phi) is 6.42. The maximum Gasteiger partial charge on any atom is 0.407 e. The van der Waals surface area contributed by atoms with Crippen LogP contribution in [0.3, 0.4) is 0 Å². The number of methoxy groups -OCH3 is 1.